The van der Waals surface area contributed by atoms with Crippen molar-refractivity contribution in [2.45, 2.75) is 75.0 Å². The molecule has 240 valence electrons. The summed E-state index contributed by atoms with van der Waals surface area (Å²) in [5.74, 6) is 0.521. The number of aliphatic hydroxyl groups excluding tert-OH is 1. The minimum Gasteiger partial charge on any atom is -0.390 e. The molecule has 0 bridgehead atoms. The van der Waals surface area contributed by atoms with E-state index in [-0.39, 0.29) is 24.5 Å². The highest BCUT2D eigenvalue weighted by Crippen LogP contribution is 2.40. The fraction of sp³-hybridized carbons (Fsp3) is 0.690. The lowest BCUT2D eigenvalue weighted by Crippen LogP contribution is -2.41. The quantitative estimate of drug-likeness (QED) is 0.305. The van der Waals surface area contributed by atoms with E-state index in [9.17, 15) is 31.1 Å². The number of aliphatic hydroxyl groups is 1. The lowest BCUT2D eigenvalue weighted by atomic mass is 10.0. The van der Waals surface area contributed by atoms with Gasteiger partial charge in [0.05, 0.1) is 30.2 Å². The molecule has 1 N–H and O–H groups in total. The summed E-state index contributed by atoms with van der Waals surface area (Å²) in [6, 6.07) is 4.01. The Labute approximate surface area is 255 Å². The van der Waals surface area contributed by atoms with Gasteiger partial charge < -0.3 is 14.9 Å². The van der Waals surface area contributed by atoms with Gasteiger partial charge in [0.2, 0.25) is 10.0 Å². The van der Waals surface area contributed by atoms with Crippen molar-refractivity contribution < 1.29 is 31.1 Å². The number of nitrogens with zero attached hydrogens (tertiary/aromatic N) is 5. The van der Waals surface area contributed by atoms with E-state index in [0.29, 0.717) is 68.0 Å². The van der Waals surface area contributed by atoms with Crippen LogP contribution in [0.4, 0.5) is 17.6 Å². The average Bonchev–Trinajstić information content (AvgIpc) is 3.31. The Kier molecular flexibility index (Phi) is 10.4. The zero-order valence-corrected chi connectivity index (χ0v) is 26.2. The van der Waals surface area contributed by atoms with Crippen LogP contribution in [-0.2, 0) is 35.7 Å². The van der Waals surface area contributed by atoms with Crippen LogP contribution >= 0.6 is 11.8 Å². The largest absolute Gasteiger partial charge is 0.417 e. The standard InChI is InChI=1S/C29H41F4N5O3S2/c1-43(40,41)37-14-9-26-24(20-37)28(34-38(26)19-23(39)18-36-12-7-22(30)8-13-36)21-5-6-25(29(31,32)33)27(17-21)42-16-15-35-10-3-2-4-11-35/h5-6,17,22-23,39H,2-4,7-16,18-20H2,1H3/t23-/m1/s1. The van der Waals surface area contributed by atoms with E-state index in [0.717, 1.165) is 43.9 Å². The van der Waals surface area contributed by atoms with Crippen molar-refractivity contribution in [2.75, 3.05) is 57.8 Å². The summed E-state index contributed by atoms with van der Waals surface area (Å²) in [6.07, 6.45) is -0.352. The van der Waals surface area contributed by atoms with Crippen molar-refractivity contribution in [1.82, 2.24) is 23.9 Å². The highest BCUT2D eigenvalue weighted by molar-refractivity contribution is 7.99. The SMILES string of the molecule is CS(=O)(=O)N1CCc2c(c(-c3ccc(C(F)(F)F)c(SCCN4CCCCC4)c3)nn2C[C@H](O)CN2CCC(F)CC2)C1. The Morgan fingerprint density at radius 2 is 1.77 bits per heavy atom. The first-order valence-electron chi connectivity index (χ1n) is 15.0. The second-order valence-electron chi connectivity index (χ2n) is 11.9. The van der Waals surface area contributed by atoms with Crippen molar-refractivity contribution in [3.05, 3.63) is 35.0 Å². The van der Waals surface area contributed by atoms with Crippen molar-refractivity contribution in [2.24, 2.45) is 0 Å². The molecular formula is C29H41F4N5O3S2. The molecule has 1 atom stereocenters. The van der Waals surface area contributed by atoms with E-state index < -0.39 is 34.0 Å². The third-order valence-corrected chi connectivity index (χ3v) is 10.9. The molecule has 3 aliphatic heterocycles. The number of thioether (sulfide) groups is 1. The lowest BCUT2D eigenvalue weighted by molar-refractivity contribution is -0.139. The van der Waals surface area contributed by atoms with Crippen LogP contribution < -0.4 is 0 Å². The highest BCUT2D eigenvalue weighted by atomic mass is 32.2. The van der Waals surface area contributed by atoms with Crippen LogP contribution in [0.5, 0.6) is 0 Å². The number of alkyl halides is 4. The van der Waals surface area contributed by atoms with Gasteiger partial charge in [0.1, 0.15) is 6.17 Å². The molecule has 0 spiro atoms. The Morgan fingerprint density at radius 3 is 2.44 bits per heavy atom. The molecule has 1 aromatic carbocycles. The maximum Gasteiger partial charge on any atom is 0.417 e. The van der Waals surface area contributed by atoms with E-state index in [1.54, 1.807) is 4.68 Å². The summed E-state index contributed by atoms with van der Waals surface area (Å²) in [7, 11) is -3.51. The number of hydrogen-bond acceptors (Lipinski definition) is 7. The smallest absolute Gasteiger partial charge is 0.390 e. The van der Waals surface area contributed by atoms with Crippen molar-refractivity contribution in [1.29, 1.82) is 0 Å². The van der Waals surface area contributed by atoms with Crippen LogP contribution in [0.2, 0.25) is 0 Å². The van der Waals surface area contributed by atoms with E-state index in [1.165, 1.54) is 34.6 Å². The molecule has 2 saturated heterocycles. The van der Waals surface area contributed by atoms with Crippen LogP contribution in [0.1, 0.15) is 48.9 Å². The zero-order chi connectivity index (χ0) is 30.8. The molecular weight excluding hydrogens is 606 g/mol. The van der Waals surface area contributed by atoms with Gasteiger partial charge in [-0.2, -0.15) is 22.6 Å². The normalized spacial score (nSPS) is 20.8. The Morgan fingerprint density at radius 1 is 1.05 bits per heavy atom. The van der Waals surface area contributed by atoms with Crippen molar-refractivity contribution >= 4 is 21.8 Å². The second-order valence-corrected chi connectivity index (χ2v) is 15.0. The number of β-amino-alcohol motifs (C(OH)–C–C–N with tert-alkyl or cyclic N) is 1. The number of rotatable bonds is 10. The van der Waals surface area contributed by atoms with Crippen LogP contribution in [0, 0.1) is 0 Å². The lowest BCUT2D eigenvalue weighted by Gasteiger charge is -2.30. The minimum atomic E-state index is -4.52. The Balaban J connectivity index is 1.42. The maximum atomic E-state index is 14.0. The minimum absolute atomic E-state index is 0.0576. The number of likely N-dealkylation sites (tertiary alicyclic amines) is 2. The molecule has 5 rings (SSSR count). The summed E-state index contributed by atoms with van der Waals surface area (Å²) in [4.78, 5) is 4.43. The summed E-state index contributed by atoms with van der Waals surface area (Å²) < 4.78 is 83.5. The molecule has 8 nitrogen and oxygen atoms in total. The van der Waals surface area contributed by atoms with Gasteiger partial charge in [0, 0.05) is 73.2 Å². The van der Waals surface area contributed by atoms with Gasteiger partial charge in [-0.1, -0.05) is 12.5 Å². The zero-order valence-electron chi connectivity index (χ0n) is 24.5. The Bertz CT molecular complexity index is 1360. The molecule has 0 saturated carbocycles. The number of benzene rings is 1. The fourth-order valence-electron chi connectivity index (χ4n) is 6.26. The van der Waals surface area contributed by atoms with Gasteiger partial charge >= 0.3 is 6.18 Å². The third-order valence-electron chi connectivity index (χ3n) is 8.61. The number of hydrogen-bond donors (Lipinski definition) is 1. The van der Waals surface area contributed by atoms with Crippen LogP contribution in [0.3, 0.4) is 0 Å². The van der Waals surface area contributed by atoms with Gasteiger partial charge in [-0.05, 0) is 50.9 Å². The second kappa shape index (κ2) is 13.7. The number of fused-ring (bicyclic) bond motifs is 1. The van der Waals surface area contributed by atoms with Gasteiger partial charge in [-0.25, -0.2) is 12.8 Å². The van der Waals surface area contributed by atoms with Gasteiger partial charge in [-0.15, -0.1) is 11.8 Å². The molecule has 0 radical (unpaired) electrons. The maximum absolute atomic E-state index is 14.0. The van der Waals surface area contributed by atoms with E-state index in [1.807, 2.05) is 4.90 Å². The van der Waals surface area contributed by atoms with Crippen LogP contribution in [0.25, 0.3) is 11.3 Å². The predicted molar refractivity (Wildman–Crippen MR) is 159 cm³/mol. The molecule has 2 aromatic rings. The molecule has 1 aromatic heterocycles. The molecule has 3 aliphatic rings. The first kappa shape index (κ1) is 32.7. The molecule has 0 aliphatic carbocycles. The van der Waals surface area contributed by atoms with Gasteiger partial charge in [0.25, 0.3) is 0 Å². The van der Waals surface area contributed by atoms with E-state index in [2.05, 4.69) is 4.90 Å². The summed E-state index contributed by atoms with van der Waals surface area (Å²) >= 11 is 1.18. The number of halogens is 4. The van der Waals surface area contributed by atoms with Crippen molar-refractivity contribution in [3.8, 4) is 11.3 Å². The average molecular weight is 648 g/mol. The third kappa shape index (κ3) is 8.31. The van der Waals surface area contributed by atoms with Gasteiger partial charge in [0.15, 0.2) is 0 Å². The molecule has 43 heavy (non-hydrogen) atoms. The monoisotopic (exact) mass is 647 g/mol. The molecule has 4 heterocycles. The predicted octanol–water partition coefficient (Wildman–Crippen LogP) is 4.26. The fourth-order valence-corrected chi connectivity index (χ4v) is 8.17. The van der Waals surface area contributed by atoms with E-state index >= 15 is 0 Å². The van der Waals surface area contributed by atoms with Gasteiger partial charge in [-0.3, -0.25) is 4.68 Å². The molecule has 2 fully saturated rings. The summed E-state index contributed by atoms with van der Waals surface area (Å²) in [5, 5.41) is 15.7. The summed E-state index contributed by atoms with van der Waals surface area (Å²) in [6.45, 7) is 4.57. The first-order valence-corrected chi connectivity index (χ1v) is 17.9. The van der Waals surface area contributed by atoms with Crippen LogP contribution in [0.15, 0.2) is 23.1 Å². The number of piperidine rings is 2. The Hall–Kier alpha value is -1.71. The highest BCUT2D eigenvalue weighted by Gasteiger charge is 2.35. The van der Waals surface area contributed by atoms with E-state index in [4.69, 9.17) is 5.10 Å². The number of aromatic nitrogens is 2. The van der Waals surface area contributed by atoms with Crippen molar-refractivity contribution in [3.63, 3.8) is 0 Å². The molecule has 0 unspecified atom stereocenters. The number of sulfonamides is 1. The van der Waals surface area contributed by atoms with Crippen LogP contribution in [-0.4, -0.2) is 108 Å². The summed E-state index contributed by atoms with van der Waals surface area (Å²) in [5.41, 5.74) is 1.64. The molecule has 0 amide bonds. The first-order chi connectivity index (χ1) is 20.4. The topological polar surface area (TPSA) is 81.9 Å². The molecule has 14 heteroatoms.